The summed E-state index contributed by atoms with van der Waals surface area (Å²) in [7, 11) is 1.89. The molecule has 3 aromatic heterocycles. The van der Waals surface area contributed by atoms with E-state index in [0.29, 0.717) is 11.5 Å². The van der Waals surface area contributed by atoms with Crippen molar-refractivity contribution in [2.75, 3.05) is 5.32 Å². The van der Waals surface area contributed by atoms with E-state index in [9.17, 15) is 4.79 Å². The maximum absolute atomic E-state index is 13.1. The van der Waals surface area contributed by atoms with E-state index in [1.165, 1.54) is 0 Å². The molecule has 1 amide bonds. The average Bonchev–Trinajstić information content (AvgIpc) is 3.30. The molecule has 1 saturated carbocycles. The molecule has 0 bridgehead atoms. The lowest BCUT2D eigenvalue weighted by Gasteiger charge is -2.11. The zero-order valence-corrected chi connectivity index (χ0v) is 16.2. The molecule has 1 fully saturated rings. The van der Waals surface area contributed by atoms with Crippen LogP contribution in [0.25, 0.3) is 21.9 Å². The van der Waals surface area contributed by atoms with Gasteiger partial charge in [-0.1, -0.05) is 0 Å². The maximum atomic E-state index is 13.1. The van der Waals surface area contributed by atoms with Gasteiger partial charge in [-0.25, -0.2) is 9.67 Å². The number of hydrogen-bond acceptors (Lipinski definition) is 4. The average molecular weight is 374 g/mol. The van der Waals surface area contributed by atoms with E-state index in [2.05, 4.69) is 29.4 Å². The van der Waals surface area contributed by atoms with Crippen molar-refractivity contribution in [1.29, 1.82) is 0 Å². The van der Waals surface area contributed by atoms with Gasteiger partial charge in [0.2, 0.25) is 0 Å². The molecule has 5 rings (SSSR count). The first-order valence-electron chi connectivity index (χ1n) is 9.62. The van der Waals surface area contributed by atoms with Gasteiger partial charge in [0.05, 0.1) is 22.7 Å². The van der Waals surface area contributed by atoms with Crippen molar-refractivity contribution in [1.82, 2.24) is 24.5 Å². The van der Waals surface area contributed by atoms with Gasteiger partial charge in [0.1, 0.15) is 0 Å². The molecular formula is C21H22N6O. The number of carbonyl (C=O) groups is 1. The summed E-state index contributed by atoms with van der Waals surface area (Å²) in [6.07, 6.45) is 5.95. The quantitative estimate of drug-likeness (QED) is 0.585. The largest absolute Gasteiger partial charge is 0.322 e. The van der Waals surface area contributed by atoms with Crippen molar-refractivity contribution in [3.63, 3.8) is 0 Å². The monoisotopic (exact) mass is 374 g/mol. The van der Waals surface area contributed by atoms with Crippen molar-refractivity contribution in [3.05, 3.63) is 47.9 Å². The van der Waals surface area contributed by atoms with Gasteiger partial charge in [-0.2, -0.15) is 10.2 Å². The minimum Gasteiger partial charge on any atom is -0.322 e. The van der Waals surface area contributed by atoms with Gasteiger partial charge in [-0.15, -0.1) is 0 Å². The smallest absolute Gasteiger partial charge is 0.256 e. The molecule has 1 aliphatic carbocycles. The lowest BCUT2D eigenvalue weighted by molar-refractivity contribution is 0.102. The third-order valence-electron chi connectivity index (χ3n) is 5.19. The number of fused-ring (bicyclic) bond motifs is 2. The van der Waals surface area contributed by atoms with Crippen molar-refractivity contribution in [2.24, 2.45) is 7.05 Å². The number of amides is 1. The van der Waals surface area contributed by atoms with E-state index >= 15 is 0 Å². The number of nitrogens with one attached hydrogen (secondary N) is 1. The summed E-state index contributed by atoms with van der Waals surface area (Å²) in [5, 5.41) is 13.7. The van der Waals surface area contributed by atoms with Crippen LogP contribution >= 0.6 is 0 Å². The molecule has 7 nitrogen and oxygen atoms in total. The highest BCUT2D eigenvalue weighted by Crippen LogP contribution is 2.40. The Hall–Kier alpha value is -3.22. The Labute approximate surface area is 162 Å². The highest BCUT2D eigenvalue weighted by Gasteiger charge is 2.28. The summed E-state index contributed by atoms with van der Waals surface area (Å²) in [6.45, 7) is 4.14. The normalized spacial score (nSPS) is 14.3. The van der Waals surface area contributed by atoms with Crippen LogP contribution in [0.3, 0.4) is 0 Å². The van der Waals surface area contributed by atoms with Gasteiger partial charge >= 0.3 is 0 Å². The van der Waals surface area contributed by atoms with Crippen LogP contribution in [-0.4, -0.2) is 30.5 Å². The first kappa shape index (κ1) is 16.9. The number of aryl methyl sites for hydroxylation is 1. The molecule has 1 aliphatic rings. The van der Waals surface area contributed by atoms with Crippen LogP contribution in [0.15, 0.2) is 36.7 Å². The van der Waals surface area contributed by atoms with Crippen LogP contribution in [0, 0.1) is 0 Å². The van der Waals surface area contributed by atoms with E-state index in [1.54, 1.807) is 10.9 Å². The van der Waals surface area contributed by atoms with Crippen molar-refractivity contribution < 1.29 is 4.79 Å². The SMILES string of the molecule is CC(C)n1ncc2c(C(=O)Nc3ccc4nn(C)cc4c3)cc(C3CC3)nc21. The molecule has 0 saturated heterocycles. The predicted octanol–water partition coefficient (Wildman–Crippen LogP) is 4.03. The van der Waals surface area contributed by atoms with Crippen LogP contribution in [0.1, 0.15) is 54.7 Å². The van der Waals surface area contributed by atoms with E-state index in [1.807, 2.05) is 42.2 Å². The Morgan fingerprint density at radius 1 is 1.25 bits per heavy atom. The lowest BCUT2D eigenvalue weighted by Crippen LogP contribution is -2.14. The molecule has 0 unspecified atom stereocenters. The van der Waals surface area contributed by atoms with Crippen LogP contribution in [-0.2, 0) is 7.05 Å². The minimum atomic E-state index is -0.138. The van der Waals surface area contributed by atoms with Crippen molar-refractivity contribution in [2.45, 2.75) is 38.6 Å². The second-order valence-electron chi connectivity index (χ2n) is 7.82. The fraction of sp³-hybridized carbons (Fsp3) is 0.333. The van der Waals surface area contributed by atoms with Gasteiger partial charge in [0.15, 0.2) is 5.65 Å². The van der Waals surface area contributed by atoms with Gasteiger partial charge in [0.25, 0.3) is 5.91 Å². The number of aromatic nitrogens is 5. The Kier molecular flexibility index (Phi) is 3.72. The van der Waals surface area contributed by atoms with Gasteiger partial charge in [-0.3, -0.25) is 9.48 Å². The molecule has 0 spiro atoms. The molecule has 4 aromatic rings. The summed E-state index contributed by atoms with van der Waals surface area (Å²) in [5.74, 6) is 0.319. The molecule has 0 radical (unpaired) electrons. The topological polar surface area (TPSA) is 77.6 Å². The third kappa shape index (κ3) is 2.83. The summed E-state index contributed by atoms with van der Waals surface area (Å²) >= 11 is 0. The number of carbonyl (C=O) groups excluding carboxylic acids is 1. The summed E-state index contributed by atoms with van der Waals surface area (Å²) in [5.41, 5.74) is 4.06. The summed E-state index contributed by atoms with van der Waals surface area (Å²) in [6, 6.07) is 7.86. The second kappa shape index (κ2) is 6.15. The van der Waals surface area contributed by atoms with Gasteiger partial charge < -0.3 is 5.32 Å². The fourth-order valence-corrected chi connectivity index (χ4v) is 3.62. The molecule has 1 N–H and O–H groups in total. The first-order chi connectivity index (χ1) is 13.5. The number of anilines is 1. The van der Waals surface area contributed by atoms with Crippen LogP contribution in [0.4, 0.5) is 5.69 Å². The third-order valence-corrected chi connectivity index (χ3v) is 5.19. The number of pyridine rings is 1. The number of benzene rings is 1. The molecule has 0 atom stereocenters. The second-order valence-corrected chi connectivity index (χ2v) is 7.82. The zero-order chi connectivity index (χ0) is 19.4. The highest BCUT2D eigenvalue weighted by atomic mass is 16.1. The number of rotatable bonds is 4. The van der Waals surface area contributed by atoms with Crippen LogP contribution in [0.2, 0.25) is 0 Å². The summed E-state index contributed by atoms with van der Waals surface area (Å²) < 4.78 is 3.66. The van der Waals surface area contributed by atoms with E-state index in [4.69, 9.17) is 4.98 Å². The zero-order valence-electron chi connectivity index (χ0n) is 16.2. The Morgan fingerprint density at radius 2 is 2.07 bits per heavy atom. The van der Waals surface area contributed by atoms with E-state index in [0.717, 1.165) is 46.2 Å². The van der Waals surface area contributed by atoms with Gasteiger partial charge in [-0.05, 0) is 51.0 Å². The van der Waals surface area contributed by atoms with Gasteiger partial charge in [0, 0.05) is 42.0 Å². The van der Waals surface area contributed by atoms with Crippen LogP contribution in [0.5, 0.6) is 0 Å². The lowest BCUT2D eigenvalue weighted by atomic mass is 10.1. The summed E-state index contributed by atoms with van der Waals surface area (Å²) in [4.78, 5) is 18.0. The molecular weight excluding hydrogens is 352 g/mol. The molecule has 0 aliphatic heterocycles. The maximum Gasteiger partial charge on any atom is 0.256 e. The minimum absolute atomic E-state index is 0.138. The Balaban J connectivity index is 1.55. The molecule has 28 heavy (non-hydrogen) atoms. The standard InChI is InChI=1S/C21H22N6O/c1-12(2)27-20-17(10-22-27)16(9-19(24-20)13-4-5-13)21(28)23-15-6-7-18-14(8-15)11-26(3)25-18/h6-13H,4-5H2,1-3H3,(H,23,28). The Morgan fingerprint density at radius 3 is 2.82 bits per heavy atom. The van der Waals surface area contributed by atoms with Crippen molar-refractivity contribution >= 4 is 33.5 Å². The molecule has 142 valence electrons. The fourth-order valence-electron chi connectivity index (χ4n) is 3.62. The van der Waals surface area contributed by atoms with E-state index < -0.39 is 0 Å². The molecule has 1 aromatic carbocycles. The number of nitrogens with zero attached hydrogens (tertiary/aromatic N) is 5. The van der Waals surface area contributed by atoms with Crippen molar-refractivity contribution in [3.8, 4) is 0 Å². The Bertz CT molecular complexity index is 1210. The molecule has 3 heterocycles. The van der Waals surface area contributed by atoms with E-state index in [-0.39, 0.29) is 11.9 Å². The number of hydrogen-bond donors (Lipinski definition) is 1. The highest BCUT2D eigenvalue weighted by molar-refractivity contribution is 6.12. The van der Waals surface area contributed by atoms with Crippen LogP contribution < -0.4 is 5.32 Å². The molecule has 7 heteroatoms. The first-order valence-corrected chi connectivity index (χ1v) is 9.62. The predicted molar refractivity (Wildman–Crippen MR) is 109 cm³/mol.